The number of tetrazole rings is 1. The van der Waals surface area contributed by atoms with Crippen molar-refractivity contribution in [2.24, 2.45) is 13.0 Å². The first-order valence-electron chi connectivity index (χ1n) is 9.41. The lowest BCUT2D eigenvalue weighted by atomic mass is 9.86. The molecule has 1 fully saturated rings. The van der Waals surface area contributed by atoms with Gasteiger partial charge in [0.15, 0.2) is 5.82 Å². The van der Waals surface area contributed by atoms with Crippen molar-refractivity contribution < 1.29 is 13.2 Å². The Balaban J connectivity index is 1.53. The predicted molar refractivity (Wildman–Crippen MR) is 106 cm³/mol. The van der Waals surface area contributed by atoms with Crippen molar-refractivity contribution >= 4 is 21.6 Å². The van der Waals surface area contributed by atoms with Crippen molar-refractivity contribution in [2.75, 3.05) is 5.32 Å². The first-order chi connectivity index (χ1) is 13.3. The van der Waals surface area contributed by atoms with Gasteiger partial charge in [0.1, 0.15) is 0 Å². The molecule has 1 saturated carbocycles. The second-order valence-electron chi connectivity index (χ2n) is 7.45. The Hall–Kier alpha value is -2.33. The smallest absolute Gasteiger partial charge is 0.227 e. The lowest BCUT2D eigenvalue weighted by Crippen LogP contribution is -2.42. The molecule has 0 atom stereocenters. The Labute approximate surface area is 165 Å². The van der Waals surface area contributed by atoms with E-state index in [2.05, 4.69) is 25.6 Å². The first kappa shape index (κ1) is 20.4. The number of rotatable bonds is 6. The number of sulfonamides is 1. The van der Waals surface area contributed by atoms with Crippen LogP contribution in [0.4, 0.5) is 5.69 Å². The highest BCUT2D eigenvalue weighted by Gasteiger charge is 2.29. The van der Waals surface area contributed by atoms with Crippen molar-refractivity contribution in [3.8, 4) is 11.4 Å². The third-order valence-electron chi connectivity index (χ3n) is 5.08. The average Bonchev–Trinajstić information content (AvgIpc) is 3.08. The maximum Gasteiger partial charge on any atom is 0.227 e. The van der Waals surface area contributed by atoms with Gasteiger partial charge in [0.05, 0.1) is 5.25 Å². The van der Waals surface area contributed by atoms with E-state index in [0.29, 0.717) is 37.2 Å². The molecule has 2 aromatic rings. The minimum Gasteiger partial charge on any atom is -0.326 e. The van der Waals surface area contributed by atoms with Crippen molar-refractivity contribution in [2.45, 2.75) is 50.8 Å². The summed E-state index contributed by atoms with van der Waals surface area (Å²) in [6.45, 7) is 3.32. The third-order valence-corrected chi connectivity index (χ3v) is 6.98. The minimum atomic E-state index is -3.28. The molecule has 0 radical (unpaired) electrons. The van der Waals surface area contributed by atoms with Gasteiger partial charge in [-0.1, -0.05) is 0 Å². The molecular formula is C18H26N6O3S. The van der Waals surface area contributed by atoms with Crippen LogP contribution in [0.5, 0.6) is 0 Å². The second-order valence-corrected chi connectivity index (χ2v) is 9.72. The number of carbonyl (C=O) groups is 1. The number of hydrogen-bond acceptors (Lipinski definition) is 6. The Morgan fingerprint density at radius 1 is 1.14 bits per heavy atom. The molecule has 0 aliphatic heterocycles. The number of carbonyl (C=O) groups excluding carboxylic acids is 1. The third kappa shape index (κ3) is 4.74. The topological polar surface area (TPSA) is 119 Å². The van der Waals surface area contributed by atoms with Gasteiger partial charge in [0.2, 0.25) is 15.9 Å². The predicted octanol–water partition coefficient (Wildman–Crippen LogP) is 1.70. The van der Waals surface area contributed by atoms with Gasteiger partial charge < -0.3 is 5.32 Å². The molecule has 9 nitrogen and oxygen atoms in total. The summed E-state index contributed by atoms with van der Waals surface area (Å²) in [6, 6.07) is 7.28. The maximum absolute atomic E-state index is 12.5. The Bertz CT molecular complexity index is 915. The molecule has 1 aliphatic carbocycles. The summed E-state index contributed by atoms with van der Waals surface area (Å²) >= 11 is 0. The lowest BCUT2D eigenvalue weighted by molar-refractivity contribution is -0.120. The summed E-state index contributed by atoms with van der Waals surface area (Å²) in [7, 11) is -1.51. The Morgan fingerprint density at radius 2 is 1.79 bits per heavy atom. The van der Waals surface area contributed by atoms with E-state index in [4.69, 9.17) is 0 Å². The van der Waals surface area contributed by atoms with Gasteiger partial charge in [-0.15, -0.1) is 5.10 Å². The highest BCUT2D eigenvalue weighted by Crippen LogP contribution is 2.27. The number of aromatic nitrogens is 4. The van der Waals surface area contributed by atoms with Gasteiger partial charge in [0.25, 0.3) is 0 Å². The second kappa shape index (κ2) is 8.36. The van der Waals surface area contributed by atoms with Crippen molar-refractivity contribution in [3.63, 3.8) is 0 Å². The van der Waals surface area contributed by atoms with Crippen LogP contribution < -0.4 is 10.0 Å². The van der Waals surface area contributed by atoms with E-state index < -0.39 is 15.3 Å². The van der Waals surface area contributed by atoms with Crippen LogP contribution >= 0.6 is 0 Å². The molecule has 0 bridgehead atoms. The number of aryl methyl sites for hydroxylation is 1. The summed E-state index contributed by atoms with van der Waals surface area (Å²) in [5.74, 6) is 0.515. The fourth-order valence-corrected chi connectivity index (χ4v) is 4.24. The van der Waals surface area contributed by atoms with Gasteiger partial charge in [-0.2, -0.15) is 0 Å². The summed E-state index contributed by atoms with van der Waals surface area (Å²) in [6.07, 6.45) is 2.67. The fourth-order valence-electron chi connectivity index (χ4n) is 3.26. The van der Waals surface area contributed by atoms with E-state index in [9.17, 15) is 13.2 Å². The van der Waals surface area contributed by atoms with E-state index in [0.717, 1.165) is 5.56 Å². The van der Waals surface area contributed by atoms with E-state index in [1.54, 1.807) is 25.6 Å². The van der Waals surface area contributed by atoms with Crippen molar-refractivity contribution in [1.82, 2.24) is 24.9 Å². The highest BCUT2D eigenvalue weighted by atomic mass is 32.2. The van der Waals surface area contributed by atoms with Gasteiger partial charge in [-0.3, -0.25) is 4.79 Å². The van der Waals surface area contributed by atoms with E-state index in [1.807, 2.05) is 24.3 Å². The number of nitrogens with one attached hydrogen (secondary N) is 2. The lowest BCUT2D eigenvalue weighted by Gasteiger charge is -2.28. The van der Waals surface area contributed by atoms with Crippen LogP contribution in [-0.4, -0.2) is 45.8 Å². The Kier molecular flexibility index (Phi) is 6.09. The molecule has 1 aliphatic rings. The zero-order valence-electron chi connectivity index (χ0n) is 16.3. The minimum absolute atomic E-state index is 0.0294. The Morgan fingerprint density at radius 3 is 2.32 bits per heavy atom. The van der Waals surface area contributed by atoms with Gasteiger partial charge in [-0.25, -0.2) is 17.8 Å². The number of anilines is 1. The maximum atomic E-state index is 12.5. The molecule has 2 N–H and O–H groups in total. The molecule has 1 amide bonds. The van der Waals surface area contributed by atoms with Gasteiger partial charge >= 0.3 is 0 Å². The van der Waals surface area contributed by atoms with E-state index in [-0.39, 0.29) is 17.9 Å². The largest absolute Gasteiger partial charge is 0.326 e. The molecule has 3 rings (SSSR count). The molecule has 152 valence electrons. The quantitative estimate of drug-likeness (QED) is 0.754. The zero-order valence-corrected chi connectivity index (χ0v) is 17.1. The monoisotopic (exact) mass is 406 g/mol. The first-order valence-corrected chi connectivity index (χ1v) is 11.0. The molecule has 10 heteroatoms. The molecular weight excluding hydrogens is 380 g/mol. The number of nitrogens with zero attached hydrogens (tertiary/aromatic N) is 4. The summed E-state index contributed by atoms with van der Waals surface area (Å²) in [5, 5.41) is 13.9. The molecule has 1 aromatic heterocycles. The standard InChI is InChI=1S/C18H26N6O3S/c1-12(2)28(26,27)21-16-10-6-14(7-11-16)18(25)19-15-8-4-13(5-9-15)17-20-22-23-24(17)3/h4-5,8-9,12,14,16,21H,6-7,10-11H2,1-3H3,(H,19,25)/t14-,16-. The van der Waals surface area contributed by atoms with Crippen molar-refractivity contribution in [1.29, 1.82) is 0 Å². The zero-order chi connectivity index (χ0) is 20.3. The molecule has 0 spiro atoms. The van der Waals surface area contributed by atoms with E-state index in [1.165, 1.54) is 0 Å². The van der Waals surface area contributed by atoms with Crippen LogP contribution in [0.3, 0.4) is 0 Å². The molecule has 1 heterocycles. The molecule has 0 saturated heterocycles. The SMILES string of the molecule is CC(C)S(=O)(=O)N[C@H]1CC[C@H](C(=O)Nc2ccc(-c3nnnn3C)cc2)CC1. The summed E-state index contributed by atoms with van der Waals surface area (Å²) < 4.78 is 28.3. The molecule has 1 aromatic carbocycles. The summed E-state index contributed by atoms with van der Waals surface area (Å²) in [5.41, 5.74) is 1.58. The van der Waals surface area contributed by atoms with Crippen molar-refractivity contribution in [3.05, 3.63) is 24.3 Å². The molecule has 0 unspecified atom stereocenters. The summed E-state index contributed by atoms with van der Waals surface area (Å²) in [4.78, 5) is 12.5. The highest BCUT2D eigenvalue weighted by molar-refractivity contribution is 7.90. The van der Waals surface area contributed by atoms with Crippen LogP contribution in [0.2, 0.25) is 0 Å². The normalized spacial score (nSPS) is 20.3. The van der Waals surface area contributed by atoms with E-state index >= 15 is 0 Å². The van der Waals surface area contributed by atoms with Crippen LogP contribution in [0, 0.1) is 5.92 Å². The van der Waals surface area contributed by atoms with Crippen LogP contribution in [0.25, 0.3) is 11.4 Å². The molecule has 28 heavy (non-hydrogen) atoms. The van der Waals surface area contributed by atoms with Gasteiger partial charge in [0, 0.05) is 30.3 Å². The average molecular weight is 407 g/mol. The van der Waals surface area contributed by atoms with Crippen LogP contribution in [0.1, 0.15) is 39.5 Å². The number of amides is 1. The van der Waals surface area contributed by atoms with Crippen LogP contribution in [-0.2, 0) is 21.9 Å². The number of hydrogen-bond donors (Lipinski definition) is 2. The number of benzene rings is 1. The van der Waals surface area contributed by atoms with Crippen LogP contribution in [0.15, 0.2) is 24.3 Å². The fraction of sp³-hybridized carbons (Fsp3) is 0.556. The van der Waals surface area contributed by atoms with Gasteiger partial charge in [-0.05, 0) is 74.2 Å².